The third-order valence-corrected chi connectivity index (χ3v) is 7.20. The van der Waals surface area contributed by atoms with E-state index in [1.54, 1.807) is 11.3 Å². The molecule has 2 aliphatic heterocycles. The zero-order valence-corrected chi connectivity index (χ0v) is 14.5. The van der Waals surface area contributed by atoms with Crippen LogP contribution >= 0.6 is 11.3 Å². The summed E-state index contributed by atoms with van der Waals surface area (Å²) in [6, 6.07) is 2.32. The predicted molar refractivity (Wildman–Crippen MR) is 87.9 cm³/mol. The Kier molecular flexibility index (Phi) is 4.56. The summed E-state index contributed by atoms with van der Waals surface area (Å²) in [6.07, 6.45) is 1.85. The lowest BCUT2D eigenvalue weighted by Crippen LogP contribution is -2.48. The van der Waals surface area contributed by atoms with Crippen molar-refractivity contribution in [2.24, 2.45) is 0 Å². The van der Waals surface area contributed by atoms with Crippen LogP contribution in [0.1, 0.15) is 29.8 Å². The van der Waals surface area contributed by atoms with Gasteiger partial charge in [0.25, 0.3) is 0 Å². The predicted octanol–water partition coefficient (Wildman–Crippen LogP) is 1.31. The van der Waals surface area contributed by atoms with Crippen LogP contribution in [0.5, 0.6) is 0 Å². The number of nitrogens with zero attached hydrogens (tertiary/aromatic N) is 2. The highest BCUT2D eigenvalue weighted by Gasteiger charge is 2.32. The summed E-state index contributed by atoms with van der Waals surface area (Å²) in [5, 5.41) is 2.11. The second-order valence-electron chi connectivity index (χ2n) is 5.99. The number of fused-ring (bicyclic) bond motifs is 1. The largest absolute Gasteiger partial charge is 0.334 e. The minimum atomic E-state index is -2.89. The molecule has 1 aromatic rings. The Morgan fingerprint density at radius 1 is 1.32 bits per heavy atom. The van der Waals surface area contributed by atoms with Crippen LogP contribution in [0.15, 0.2) is 11.4 Å². The summed E-state index contributed by atoms with van der Waals surface area (Å²) < 4.78 is 22.9. The van der Waals surface area contributed by atoms with Gasteiger partial charge in [0.1, 0.15) is 0 Å². The number of carbonyl (C=O) groups excluding carboxylic acids is 1. The highest BCUT2D eigenvalue weighted by atomic mass is 32.2. The molecule has 3 heterocycles. The van der Waals surface area contributed by atoms with Crippen molar-refractivity contribution in [2.45, 2.75) is 25.8 Å². The number of carbonyl (C=O) groups is 1. The van der Waals surface area contributed by atoms with Crippen LogP contribution in [-0.2, 0) is 21.1 Å². The average Bonchev–Trinajstić information content (AvgIpc) is 2.96. The maximum Gasteiger partial charge on any atom is 0.237 e. The zero-order valence-electron chi connectivity index (χ0n) is 12.8. The molecule has 0 aromatic carbocycles. The molecule has 0 saturated carbocycles. The molecule has 1 atom stereocenters. The summed E-state index contributed by atoms with van der Waals surface area (Å²) in [7, 11) is -2.89. The van der Waals surface area contributed by atoms with Crippen molar-refractivity contribution in [1.29, 1.82) is 0 Å². The second kappa shape index (κ2) is 6.29. The quantitative estimate of drug-likeness (QED) is 0.831. The first kappa shape index (κ1) is 16.0. The molecule has 1 fully saturated rings. The van der Waals surface area contributed by atoms with Gasteiger partial charge in [-0.05, 0) is 29.9 Å². The summed E-state index contributed by atoms with van der Waals surface area (Å²) in [5.41, 5.74) is 1.30. The van der Waals surface area contributed by atoms with Crippen LogP contribution in [-0.4, -0.2) is 61.8 Å². The fourth-order valence-electron chi connectivity index (χ4n) is 3.33. The summed E-state index contributed by atoms with van der Waals surface area (Å²) >= 11 is 1.78. The molecule has 5 nitrogen and oxygen atoms in total. The van der Waals surface area contributed by atoms with Gasteiger partial charge in [0.2, 0.25) is 5.91 Å². The molecule has 0 aliphatic carbocycles. The minimum absolute atomic E-state index is 0.128. The van der Waals surface area contributed by atoms with E-state index in [4.69, 9.17) is 0 Å². The molecular weight excluding hydrogens is 320 g/mol. The average molecular weight is 342 g/mol. The SMILES string of the molecule is CCC1c2ccsc2CCN1C(=O)CN1CCS(=O)(=O)CC1. The molecule has 0 bridgehead atoms. The second-order valence-corrected chi connectivity index (χ2v) is 9.29. The van der Waals surface area contributed by atoms with Gasteiger partial charge in [-0.2, -0.15) is 0 Å². The molecule has 7 heteroatoms. The molecular formula is C15H22N2O3S2. The van der Waals surface area contributed by atoms with E-state index in [1.807, 2.05) is 9.80 Å². The molecule has 0 N–H and O–H groups in total. The Morgan fingerprint density at radius 3 is 2.73 bits per heavy atom. The molecule has 22 heavy (non-hydrogen) atoms. The molecule has 122 valence electrons. The molecule has 3 rings (SSSR count). The molecule has 2 aliphatic rings. The van der Waals surface area contributed by atoms with Gasteiger partial charge in [0.05, 0.1) is 24.1 Å². The monoisotopic (exact) mass is 342 g/mol. The third kappa shape index (κ3) is 3.21. The first-order valence-electron chi connectivity index (χ1n) is 7.78. The first-order valence-corrected chi connectivity index (χ1v) is 10.5. The number of thiophene rings is 1. The maximum atomic E-state index is 12.7. The van der Waals surface area contributed by atoms with Gasteiger partial charge in [-0.25, -0.2) is 8.42 Å². The van der Waals surface area contributed by atoms with Crippen molar-refractivity contribution in [1.82, 2.24) is 9.80 Å². The van der Waals surface area contributed by atoms with Crippen molar-refractivity contribution in [3.63, 3.8) is 0 Å². The Morgan fingerprint density at radius 2 is 2.05 bits per heavy atom. The minimum Gasteiger partial charge on any atom is -0.334 e. The van der Waals surface area contributed by atoms with Gasteiger partial charge in [0, 0.05) is 24.5 Å². The van der Waals surface area contributed by atoms with Crippen LogP contribution in [0.25, 0.3) is 0 Å². The molecule has 0 spiro atoms. The number of hydrogen-bond acceptors (Lipinski definition) is 5. The third-order valence-electron chi connectivity index (χ3n) is 4.60. The number of amides is 1. The lowest BCUT2D eigenvalue weighted by molar-refractivity contribution is -0.135. The van der Waals surface area contributed by atoms with E-state index >= 15 is 0 Å². The fraction of sp³-hybridized carbons (Fsp3) is 0.667. The first-order chi connectivity index (χ1) is 10.5. The van der Waals surface area contributed by atoms with Crippen LogP contribution < -0.4 is 0 Å². The number of sulfone groups is 1. The van der Waals surface area contributed by atoms with Gasteiger partial charge in [0.15, 0.2) is 9.84 Å². The zero-order chi connectivity index (χ0) is 15.7. The molecule has 1 saturated heterocycles. The Hall–Kier alpha value is -0.920. The van der Waals surface area contributed by atoms with Crippen LogP contribution in [0.3, 0.4) is 0 Å². The van der Waals surface area contributed by atoms with Crippen molar-refractivity contribution in [3.8, 4) is 0 Å². The Bertz CT molecular complexity index is 639. The topological polar surface area (TPSA) is 57.7 Å². The van der Waals surface area contributed by atoms with E-state index in [-0.39, 0.29) is 23.5 Å². The Labute approximate surface area is 135 Å². The standard InChI is InChI=1S/C15H22N2O3S2/c1-2-13-12-4-8-21-14(12)3-5-17(13)15(18)11-16-6-9-22(19,20)10-7-16/h4,8,13H,2-3,5-7,9-11H2,1H3. The van der Waals surface area contributed by atoms with Crippen molar-refractivity contribution < 1.29 is 13.2 Å². The lowest BCUT2D eigenvalue weighted by atomic mass is 9.97. The molecule has 1 amide bonds. The fourth-order valence-corrected chi connectivity index (χ4v) is 5.53. The summed E-state index contributed by atoms with van der Waals surface area (Å²) in [6.45, 7) is 4.18. The lowest BCUT2D eigenvalue weighted by Gasteiger charge is -2.37. The van der Waals surface area contributed by atoms with Gasteiger partial charge in [-0.1, -0.05) is 6.92 Å². The smallest absolute Gasteiger partial charge is 0.237 e. The number of rotatable bonds is 3. The highest BCUT2D eigenvalue weighted by molar-refractivity contribution is 7.91. The van der Waals surface area contributed by atoms with E-state index in [9.17, 15) is 13.2 Å². The molecule has 0 radical (unpaired) electrons. The highest BCUT2D eigenvalue weighted by Crippen LogP contribution is 2.35. The van der Waals surface area contributed by atoms with Crippen molar-refractivity contribution in [3.05, 3.63) is 21.9 Å². The van der Waals surface area contributed by atoms with E-state index < -0.39 is 9.84 Å². The number of hydrogen-bond donors (Lipinski definition) is 0. The van der Waals surface area contributed by atoms with Crippen molar-refractivity contribution >= 4 is 27.1 Å². The van der Waals surface area contributed by atoms with Crippen LogP contribution in [0.2, 0.25) is 0 Å². The van der Waals surface area contributed by atoms with Gasteiger partial charge < -0.3 is 4.90 Å². The van der Waals surface area contributed by atoms with E-state index in [0.29, 0.717) is 19.6 Å². The maximum absolute atomic E-state index is 12.7. The Balaban J connectivity index is 1.65. The normalized spacial score (nSPS) is 25.0. The summed E-state index contributed by atoms with van der Waals surface area (Å²) in [4.78, 5) is 18.0. The van der Waals surface area contributed by atoms with E-state index in [1.165, 1.54) is 10.4 Å². The van der Waals surface area contributed by atoms with Gasteiger partial charge in [-0.15, -0.1) is 11.3 Å². The van der Waals surface area contributed by atoms with Gasteiger partial charge in [-0.3, -0.25) is 9.69 Å². The van der Waals surface area contributed by atoms with Gasteiger partial charge >= 0.3 is 0 Å². The molecule has 1 unspecified atom stereocenters. The van der Waals surface area contributed by atoms with E-state index in [2.05, 4.69) is 18.4 Å². The molecule has 1 aromatic heterocycles. The van der Waals surface area contributed by atoms with Crippen LogP contribution in [0, 0.1) is 0 Å². The van der Waals surface area contributed by atoms with Crippen molar-refractivity contribution in [2.75, 3.05) is 37.7 Å². The van der Waals surface area contributed by atoms with E-state index in [0.717, 1.165) is 19.4 Å². The van der Waals surface area contributed by atoms with Crippen LogP contribution in [0.4, 0.5) is 0 Å². The summed E-state index contributed by atoms with van der Waals surface area (Å²) in [5.74, 6) is 0.473.